The number of nitrogens with zero attached hydrogens (tertiary/aromatic N) is 1. The lowest BCUT2D eigenvalue weighted by atomic mass is 9.89. The van der Waals surface area contributed by atoms with E-state index in [9.17, 15) is 20.1 Å². The number of aryl methyl sites for hydroxylation is 1. The standard InChI is InChI=1S/C18H28N2O4/c1-2-19-18(24)14-11-16(22)17(23)15(12-21)20(14)10-6-9-13-7-4-3-5-8-13/h3-5,7-8,14-17,21-23H,2,6,9-12H2,1H3,(H,19,24). The second kappa shape index (κ2) is 9.13. The number of nitrogens with one attached hydrogen (secondary N) is 1. The number of hydrogen-bond acceptors (Lipinski definition) is 5. The van der Waals surface area contributed by atoms with E-state index in [2.05, 4.69) is 17.4 Å². The predicted octanol–water partition coefficient (Wildman–Crippen LogP) is -0.0877. The predicted molar refractivity (Wildman–Crippen MR) is 91.4 cm³/mol. The van der Waals surface area contributed by atoms with Crippen LogP contribution in [0.5, 0.6) is 0 Å². The van der Waals surface area contributed by atoms with E-state index in [4.69, 9.17) is 0 Å². The maximum atomic E-state index is 12.3. The first kappa shape index (κ1) is 18.9. The minimum atomic E-state index is -1.04. The van der Waals surface area contributed by atoms with Gasteiger partial charge < -0.3 is 20.6 Å². The third-order valence-corrected chi connectivity index (χ3v) is 4.64. The summed E-state index contributed by atoms with van der Waals surface area (Å²) in [7, 11) is 0. The Balaban J connectivity index is 2.05. The molecule has 1 heterocycles. The molecule has 4 N–H and O–H groups in total. The molecule has 0 saturated carbocycles. The van der Waals surface area contributed by atoms with Crippen molar-refractivity contribution in [3.8, 4) is 0 Å². The van der Waals surface area contributed by atoms with Crippen LogP contribution in [0.2, 0.25) is 0 Å². The van der Waals surface area contributed by atoms with Crippen molar-refractivity contribution in [2.24, 2.45) is 0 Å². The van der Waals surface area contributed by atoms with Crippen LogP contribution in [0.1, 0.15) is 25.3 Å². The van der Waals surface area contributed by atoms with Crippen LogP contribution in [0, 0.1) is 0 Å². The zero-order chi connectivity index (χ0) is 17.5. The molecule has 4 unspecified atom stereocenters. The van der Waals surface area contributed by atoms with Crippen LogP contribution in [0.3, 0.4) is 0 Å². The van der Waals surface area contributed by atoms with Gasteiger partial charge in [-0.2, -0.15) is 0 Å². The van der Waals surface area contributed by atoms with Crippen LogP contribution in [0.4, 0.5) is 0 Å². The molecule has 1 aromatic rings. The molecule has 4 atom stereocenters. The van der Waals surface area contributed by atoms with Crippen LogP contribution in [-0.2, 0) is 11.2 Å². The lowest BCUT2D eigenvalue weighted by Gasteiger charge is -2.45. The maximum absolute atomic E-state index is 12.3. The number of aliphatic hydroxyl groups is 3. The van der Waals surface area contributed by atoms with E-state index in [-0.39, 0.29) is 18.9 Å². The Morgan fingerprint density at radius 2 is 2.00 bits per heavy atom. The number of benzene rings is 1. The van der Waals surface area contributed by atoms with Crippen molar-refractivity contribution in [3.63, 3.8) is 0 Å². The van der Waals surface area contributed by atoms with Gasteiger partial charge in [0, 0.05) is 13.0 Å². The zero-order valence-corrected chi connectivity index (χ0v) is 14.1. The highest BCUT2D eigenvalue weighted by molar-refractivity contribution is 5.82. The number of carbonyl (C=O) groups is 1. The fourth-order valence-electron chi connectivity index (χ4n) is 3.38. The Kier molecular flexibility index (Phi) is 7.17. The summed E-state index contributed by atoms with van der Waals surface area (Å²) in [6.07, 6.45) is -0.206. The normalized spacial score (nSPS) is 27.8. The zero-order valence-electron chi connectivity index (χ0n) is 14.1. The molecule has 6 nitrogen and oxygen atoms in total. The van der Waals surface area contributed by atoms with Crippen LogP contribution in [0.15, 0.2) is 30.3 Å². The Morgan fingerprint density at radius 1 is 1.29 bits per heavy atom. The summed E-state index contributed by atoms with van der Waals surface area (Å²) in [4.78, 5) is 14.2. The number of carbonyl (C=O) groups excluding carboxylic acids is 1. The molecule has 1 fully saturated rings. The summed E-state index contributed by atoms with van der Waals surface area (Å²) < 4.78 is 0. The second-order valence-electron chi connectivity index (χ2n) is 6.28. The molecule has 1 aromatic carbocycles. The number of rotatable bonds is 7. The maximum Gasteiger partial charge on any atom is 0.237 e. The van der Waals surface area contributed by atoms with E-state index in [1.165, 1.54) is 5.56 Å². The summed E-state index contributed by atoms with van der Waals surface area (Å²) in [5.41, 5.74) is 1.21. The monoisotopic (exact) mass is 336 g/mol. The Hall–Kier alpha value is -1.47. The number of amides is 1. The molecule has 6 heteroatoms. The third-order valence-electron chi connectivity index (χ3n) is 4.64. The summed E-state index contributed by atoms with van der Waals surface area (Å²) in [5, 5.41) is 32.6. The SMILES string of the molecule is CCNC(=O)C1CC(O)C(O)C(CO)N1CCCc1ccccc1. The van der Waals surface area contributed by atoms with Gasteiger partial charge in [-0.15, -0.1) is 0 Å². The van der Waals surface area contributed by atoms with Crippen molar-refractivity contribution < 1.29 is 20.1 Å². The first-order valence-electron chi connectivity index (χ1n) is 8.62. The molecule has 1 saturated heterocycles. The molecule has 0 bridgehead atoms. The number of hydrogen-bond donors (Lipinski definition) is 4. The highest BCUT2D eigenvalue weighted by Gasteiger charge is 2.43. The van der Waals surface area contributed by atoms with Crippen molar-refractivity contribution in [2.75, 3.05) is 19.7 Å². The first-order chi connectivity index (χ1) is 11.6. The Labute approximate surface area is 143 Å². The van der Waals surface area contributed by atoms with Gasteiger partial charge in [-0.1, -0.05) is 30.3 Å². The lowest BCUT2D eigenvalue weighted by molar-refractivity contribution is -0.145. The van der Waals surface area contributed by atoms with Crippen molar-refractivity contribution >= 4 is 5.91 Å². The lowest BCUT2D eigenvalue weighted by Crippen LogP contribution is -2.64. The van der Waals surface area contributed by atoms with Gasteiger partial charge in [0.2, 0.25) is 5.91 Å². The van der Waals surface area contributed by atoms with Gasteiger partial charge in [-0.3, -0.25) is 9.69 Å². The molecular weight excluding hydrogens is 308 g/mol. The summed E-state index contributed by atoms with van der Waals surface area (Å²) in [6.45, 7) is 2.63. The van der Waals surface area contributed by atoms with Crippen LogP contribution in [-0.4, -0.2) is 70.1 Å². The first-order valence-corrected chi connectivity index (χ1v) is 8.62. The van der Waals surface area contributed by atoms with E-state index in [0.717, 1.165) is 12.8 Å². The van der Waals surface area contributed by atoms with Crippen molar-refractivity contribution in [3.05, 3.63) is 35.9 Å². The minimum Gasteiger partial charge on any atom is -0.395 e. The van der Waals surface area contributed by atoms with E-state index in [0.29, 0.717) is 13.1 Å². The fraction of sp³-hybridized carbons (Fsp3) is 0.611. The molecule has 0 spiro atoms. The molecule has 0 aliphatic carbocycles. The molecule has 1 aliphatic rings. The molecule has 2 rings (SSSR count). The molecule has 1 aliphatic heterocycles. The molecule has 134 valence electrons. The highest BCUT2D eigenvalue weighted by atomic mass is 16.3. The second-order valence-corrected chi connectivity index (χ2v) is 6.28. The van der Waals surface area contributed by atoms with Crippen molar-refractivity contribution in [2.45, 2.75) is 50.5 Å². The number of likely N-dealkylation sites (N-methyl/N-ethyl adjacent to an activating group) is 1. The Morgan fingerprint density at radius 3 is 2.62 bits per heavy atom. The van der Waals surface area contributed by atoms with Gasteiger partial charge >= 0.3 is 0 Å². The van der Waals surface area contributed by atoms with Gasteiger partial charge in [0.1, 0.15) is 0 Å². The minimum absolute atomic E-state index is 0.165. The molecule has 1 amide bonds. The summed E-state index contributed by atoms with van der Waals surface area (Å²) in [6, 6.07) is 8.90. The van der Waals surface area contributed by atoms with E-state index >= 15 is 0 Å². The molecule has 0 aromatic heterocycles. The smallest absolute Gasteiger partial charge is 0.237 e. The average molecular weight is 336 g/mol. The van der Waals surface area contributed by atoms with Crippen molar-refractivity contribution in [1.29, 1.82) is 0 Å². The van der Waals surface area contributed by atoms with E-state index in [1.807, 2.05) is 30.0 Å². The largest absolute Gasteiger partial charge is 0.395 e. The van der Waals surface area contributed by atoms with Crippen molar-refractivity contribution in [1.82, 2.24) is 10.2 Å². The molecule has 24 heavy (non-hydrogen) atoms. The summed E-state index contributed by atoms with van der Waals surface area (Å²) >= 11 is 0. The summed E-state index contributed by atoms with van der Waals surface area (Å²) in [5.74, 6) is -0.165. The number of piperidine rings is 1. The Bertz CT molecular complexity index is 511. The highest BCUT2D eigenvalue weighted by Crippen LogP contribution is 2.25. The topological polar surface area (TPSA) is 93.0 Å². The van der Waals surface area contributed by atoms with Crippen LogP contribution in [0.25, 0.3) is 0 Å². The van der Waals surface area contributed by atoms with Gasteiger partial charge in [0.15, 0.2) is 0 Å². The van der Waals surface area contributed by atoms with Gasteiger partial charge in [0.25, 0.3) is 0 Å². The number of aliphatic hydroxyl groups excluding tert-OH is 3. The average Bonchev–Trinajstić information content (AvgIpc) is 2.59. The fourth-order valence-corrected chi connectivity index (χ4v) is 3.38. The van der Waals surface area contributed by atoms with Crippen LogP contribution < -0.4 is 5.32 Å². The molecule has 0 radical (unpaired) electrons. The van der Waals surface area contributed by atoms with Gasteiger partial charge in [-0.25, -0.2) is 0 Å². The van der Waals surface area contributed by atoms with Crippen LogP contribution >= 0.6 is 0 Å². The van der Waals surface area contributed by atoms with E-state index < -0.39 is 24.3 Å². The van der Waals surface area contributed by atoms with Gasteiger partial charge in [0.05, 0.1) is 30.9 Å². The number of likely N-dealkylation sites (tertiary alicyclic amines) is 1. The molecular formula is C18H28N2O4. The third kappa shape index (κ3) is 4.54. The quantitative estimate of drug-likeness (QED) is 0.559. The van der Waals surface area contributed by atoms with Gasteiger partial charge in [-0.05, 0) is 31.9 Å². The van der Waals surface area contributed by atoms with E-state index in [1.54, 1.807) is 0 Å².